The second kappa shape index (κ2) is 10.6. The molecule has 2 aromatic rings. The highest BCUT2D eigenvalue weighted by molar-refractivity contribution is 6.26. The predicted octanol–water partition coefficient (Wildman–Crippen LogP) is 3.39. The molecule has 0 bridgehead atoms. The van der Waals surface area contributed by atoms with E-state index in [4.69, 9.17) is 5.73 Å². The highest BCUT2D eigenvalue weighted by atomic mass is 16.3. The number of phenols is 1. The van der Waals surface area contributed by atoms with E-state index < -0.39 is 57.9 Å². The van der Waals surface area contributed by atoms with Gasteiger partial charge in [0.15, 0.2) is 23.0 Å². The summed E-state index contributed by atoms with van der Waals surface area (Å²) in [6.45, 7) is 2.06. The van der Waals surface area contributed by atoms with Crippen LogP contribution in [0, 0.1) is 17.8 Å². The average molecular weight is 600 g/mol. The number of aromatic hydroxyl groups is 1. The largest absolute Gasteiger partial charge is 0.508 e. The van der Waals surface area contributed by atoms with Gasteiger partial charge in [0.1, 0.15) is 22.8 Å². The molecule has 6 N–H and O–H groups in total. The molecule has 0 aromatic heterocycles. The quantitative estimate of drug-likeness (QED) is 0.180. The number of phenolic OH excluding ortho intramolecular Hbond substituents is 1. The van der Waals surface area contributed by atoms with E-state index in [1.165, 1.54) is 0 Å². The molecule has 6 rings (SSSR count). The predicted molar refractivity (Wildman–Crippen MR) is 157 cm³/mol. The average Bonchev–Trinajstić information content (AvgIpc) is 3.21. The molecule has 0 aliphatic heterocycles. The number of aryl methyl sites for hydroxylation is 1. The Morgan fingerprint density at radius 2 is 1.64 bits per heavy atom. The molecule has 2 aromatic carbocycles. The lowest BCUT2D eigenvalue weighted by Crippen LogP contribution is -2.58. The molecule has 1 saturated carbocycles. The van der Waals surface area contributed by atoms with E-state index >= 15 is 0 Å². The van der Waals surface area contributed by atoms with Crippen molar-refractivity contribution in [2.75, 3.05) is 0 Å². The maximum Gasteiger partial charge on any atom is 0.255 e. The van der Waals surface area contributed by atoms with Crippen LogP contribution in [0.1, 0.15) is 82.0 Å². The van der Waals surface area contributed by atoms with Gasteiger partial charge < -0.3 is 26.2 Å². The summed E-state index contributed by atoms with van der Waals surface area (Å²) < 4.78 is 0. The summed E-state index contributed by atoms with van der Waals surface area (Å²) in [5, 5.41) is 45.6. The van der Waals surface area contributed by atoms with Gasteiger partial charge in [-0.05, 0) is 54.7 Å². The molecule has 1 fully saturated rings. The molecule has 1 amide bonds. The van der Waals surface area contributed by atoms with E-state index in [0.717, 1.165) is 24.8 Å². The van der Waals surface area contributed by atoms with Crippen molar-refractivity contribution in [3.05, 3.63) is 80.6 Å². The van der Waals surface area contributed by atoms with Crippen LogP contribution in [-0.4, -0.2) is 55.1 Å². The number of carbonyl (C=O) groups excluding carboxylic acids is 5. The zero-order chi connectivity index (χ0) is 31.7. The molecule has 0 radical (unpaired) electrons. The van der Waals surface area contributed by atoms with E-state index in [1.807, 2.05) is 0 Å². The lowest BCUT2D eigenvalue weighted by Gasteiger charge is -2.46. The van der Waals surface area contributed by atoms with Crippen LogP contribution >= 0.6 is 0 Å². The molecule has 4 aliphatic carbocycles. The number of rotatable bonds is 7. The van der Waals surface area contributed by atoms with Crippen LogP contribution in [0.5, 0.6) is 5.75 Å². The molecule has 44 heavy (non-hydrogen) atoms. The second-order valence-corrected chi connectivity index (χ2v) is 12.3. The SMILES string of the molecule is CCCCCc1cc(CC2C(=O)c3ccccc3C2=O)c(O)c2c1C[C@H]1C[C@H]3CC(=O)C(C(N)=O)=C(O)[C@@]3(O)C(=O)C1=C2O. The van der Waals surface area contributed by atoms with Crippen LogP contribution in [0.15, 0.2) is 47.2 Å². The molecule has 0 heterocycles. The zero-order valence-electron chi connectivity index (χ0n) is 24.2. The summed E-state index contributed by atoms with van der Waals surface area (Å²) in [4.78, 5) is 64.8. The molecule has 0 unspecified atom stereocenters. The number of Topliss-reactive ketones (excluding diaryl/α,β-unsaturated/α-hetero) is 4. The number of hydrogen-bond acceptors (Lipinski definition) is 9. The number of carbonyl (C=O) groups is 5. The Bertz CT molecular complexity index is 1710. The Morgan fingerprint density at radius 1 is 0.977 bits per heavy atom. The standard InChI is InChI=1S/C34H33NO9/c1-2-3-4-7-15-10-17(13-22-28(38)19-8-5-6-9-20(19)29(22)39)27(37)25-21(15)12-16-11-18-14-23(36)26(33(35)43)32(42)34(18,44)31(41)24(16)30(25)40/h5-6,8-10,16,18,22,37,40,42,44H,2-4,7,11-14H2,1H3,(H2,35,43)/t16-,18+,34+/m1/s1. The van der Waals surface area contributed by atoms with Crippen LogP contribution in [0.2, 0.25) is 0 Å². The first-order valence-corrected chi connectivity index (χ1v) is 14.9. The number of amides is 1. The van der Waals surface area contributed by atoms with Crippen molar-refractivity contribution in [2.45, 2.75) is 63.9 Å². The Kier molecular flexibility index (Phi) is 7.07. The maximum atomic E-state index is 13.9. The Labute approximate surface area is 252 Å². The van der Waals surface area contributed by atoms with Gasteiger partial charge in [-0.15, -0.1) is 0 Å². The van der Waals surface area contributed by atoms with Crippen molar-refractivity contribution in [1.82, 2.24) is 0 Å². The van der Waals surface area contributed by atoms with Crippen molar-refractivity contribution in [2.24, 2.45) is 23.5 Å². The minimum atomic E-state index is -2.65. The summed E-state index contributed by atoms with van der Waals surface area (Å²) in [6, 6.07) is 8.30. The lowest BCUT2D eigenvalue weighted by atomic mass is 9.59. The number of fused-ring (bicyclic) bond motifs is 4. The zero-order valence-corrected chi connectivity index (χ0v) is 24.2. The summed E-state index contributed by atoms with van der Waals surface area (Å²) >= 11 is 0. The third-order valence-electron chi connectivity index (χ3n) is 9.80. The molecular formula is C34H33NO9. The number of nitrogens with two attached hydrogens (primary N) is 1. The second-order valence-electron chi connectivity index (χ2n) is 12.3. The molecule has 0 spiro atoms. The number of aliphatic hydroxyl groups is 3. The smallest absolute Gasteiger partial charge is 0.255 e. The van der Waals surface area contributed by atoms with Crippen LogP contribution in [0.4, 0.5) is 0 Å². The van der Waals surface area contributed by atoms with Gasteiger partial charge in [-0.1, -0.05) is 50.1 Å². The van der Waals surface area contributed by atoms with E-state index in [1.54, 1.807) is 30.3 Å². The van der Waals surface area contributed by atoms with E-state index in [9.17, 15) is 44.4 Å². The lowest BCUT2D eigenvalue weighted by molar-refractivity contribution is -0.147. The van der Waals surface area contributed by atoms with Gasteiger partial charge in [-0.3, -0.25) is 24.0 Å². The molecular weight excluding hydrogens is 566 g/mol. The van der Waals surface area contributed by atoms with Gasteiger partial charge in [-0.2, -0.15) is 0 Å². The first kappa shape index (κ1) is 29.5. The van der Waals surface area contributed by atoms with Gasteiger partial charge >= 0.3 is 0 Å². The first-order valence-electron chi connectivity index (χ1n) is 14.9. The summed E-state index contributed by atoms with van der Waals surface area (Å²) in [5.74, 6) is -8.66. The fourth-order valence-electron chi connectivity index (χ4n) is 7.58. The van der Waals surface area contributed by atoms with Gasteiger partial charge in [0, 0.05) is 29.0 Å². The van der Waals surface area contributed by atoms with Gasteiger partial charge in [0.2, 0.25) is 5.78 Å². The third-order valence-corrected chi connectivity index (χ3v) is 9.80. The van der Waals surface area contributed by atoms with Gasteiger partial charge in [-0.25, -0.2) is 0 Å². The topological polar surface area (TPSA) is 192 Å². The maximum absolute atomic E-state index is 13.9. The normalized spacial score (nSPS) is 24.8. The summed E-state index contributed by atoms with van der Waals surface area (Å²) in [5.41, 5.74) is 3.85. The van der Waals surface area contributed by atoms with Crippen LogP contribution in [0.3, 0.4) is 0 Å². The number of primary amides is 1. The fraction of sp³-hybridized carbons (Fsp3) is 0.382. The van der Waals surface area contributed by atoms with E-state index in [0.29, 0.717) is 23.1 Å². The Morgan fingerprint density at radius 3 is 2.25 bits per heavy atom. The van der Waals surface area contributed by atoms with Crippen molar-refractivity contribution in [1.29, 1.82) is 0 Å². The number of ketones is 4. The van der Waals surface area contributed by atoms with E-state index in [2.05, 4.69) is 6.92 Å². The molecule has 10 heteroatoms. The highest BCUT2D eigenvalue weighted by Crippen LogP contribution is 2.53. The van der Waals surface area contributed by atoms with Crippen molar-refractivity contribution in [3.63, 3.8) is 0 Å². The van der Waals surface area contributed by atoms with Crippen LogP contribution in [0.25, 0.3) is 5.76 Å². The molecule has 4 aliphatic rings. The van der Waals surface area contributed by atoms with Gasteiger partial charge in [0.05, 0.1) is 11.5 Å². The van der Waals surface area contributed by atoms with Gasteiger partial charge in [0.25, 0.3) is 5.91 Å². The molecule has 10 nitrogen and oxygen atoms in total. The van der Waals surface area contributed by atoms with Crippen LogP contribution < -0.4 is 5.73 Å². The van der Waals surface area contributed by atoms with Crippen molar-refractivity contribution < 1.29 is 44.4 Å². The highest BCUT2D eigenvalue weighted by Gasteiger charge is 2.60. The molecule has 228 valence electrons. The third kappa shape index (κ3) is 4.15. The fourth-order valence-corrected chi connectivity index (χ4v) is 7.58. The number of hydrogen-bond donors (Lipinski definition) is 5. The minimum absolute atomic E-state index is 0.0171. The summed E-state index contributed by atoms with van der Waals surface area (Å²) in [7, 11) is 0. The molecule has 0 saturated heterocycles. The minimum Gasteiger partial charge on any atom is -0.508 e. The molecule has 3 atom stereocenters. The summed E-state index contributed by atoms with van der Waals surface area (Å²) in [6.07, 6.45) is 2.98. The first-order chi connectivity index (χ1) is 20.9. The van der Waals surface area contributed by atoms with Crippen molar-refractivity contribution in [3.8, 4) is 5.75 Å². The number of benzene rings is 2. The van der Waals surface area contributed by atoms with Crippen molar-refractivity contribution >= 4 is 34.8 Å². The Hall–Kier alpha value is -4.57. The van der Waals surface area contributed by atoms with E-state index in [-0.39, 0.29) is 59.7 Å². The van der Waals surface area contributed by atoms with Crippen LogP contribution in [-0.2, 0) is 33.6 Å². The number of aliphatic hydroxyl groups excluding tert-OH is 2. The number of unbranched alkanes of at least 4 members (excludes halogenated alkanes) is 2. The Balaban J connectivity index is 1.47. The monoisotopic (exact) mass is 599 g/mol.